The predicted molar refractivity (Wildman–Crippen MR) is 76.0 cm³/mol. The number of hydrogen-bond donors (Lipinski definition) is 1. The summed E-state index contributed by atoms with van der Waals surface area (Å²) in [5.74, 6) is 0.736. The Morgan fingerprint density at radius 2 is 2.21 bits per heavy atom. The van der Waals surface area contributed by atoms with E-state index in [1.54, 1.807) is 18.2 Å². The minimum atomic E-state index is -0.333. The zero-order chi connectivity index (χ0) is 14.0. The fourth-order valence-electron chi connectivity index (χ4n) is 2.56. The third-order valence-electron chi connectivity index (χ3n) is 4.22. The first-order valence-electron chi connectivity index (χ1n) is 6.92. The van der Waals surface area contributed by atoms with Crippen LogP contribution in [0.3, 0.4) is 0 Å². The van der Waals surface area contributed by atoms with Crippen molar-refractivity contribution in [2.75, 3.05) is 6.54 Å². The van der Waals surface area contributed by atoms with Crippen molar-refractivity contribution in [1.82, 2.24) is 5.32 Å². The lowest BCUT2D eigenvalue weighted by molar-refractivity contribution is -0.384. The van der Waals surface area contributed by atoms with Gasteiger partial charge in [-0.3, -0.25) is 10.1 Å². The highest BCUT2D eigenvalue weighted by Crippen LogP contribution is 2.51. The molecule has 2 rings (SSSR count). The molecule has 4 heteroatoms. The van der Waals surface area contributed by atoms with Gasteiger partial charge in [0, 0.05) is 18.2 Å². The van der Waals surface area contributed by atoms with E-state index in [1.165, 1.54) is 6.42 Å². The number of benzene rings is 1. The van der Waals surface area contributed by atoms with Crippen LogP contribution in [0.1, 0.15) is 45.2 Å². The maximum atomic E-state index is 10.8. The Morgan fingerprint density at radius 1 is 1.53 bits per heavy atom. The Morgan fingerprint density at radius 3 is 2.74 bits per heavy atom. The molecule has 2 atom stereocenters. The number of nitrogens with one attached hydrogen (secondary N) is 1. The standard InChI is InChI=1S/C15H22N2O2/c1-4-14(16-10-12-9-15(12,2)3)11-6-5-7-13(8-11)17(18)19/h5-8,12,14,16H,4,9-10H2,1-3H3. The summed E-state index contributed by atoms with van der Waals surface area (Å²) in [5, 5.41) is 14.4. The van der Waals surface area contributed by atoms with Gasteiger partial charge in [0.2, 0.25) is 0 Å². The van der Waals surface area contributed by atoms with Crippen LogP contribution < -0.4 is 5.32 Å². The van der Waals surface area contributed by atoms with Crippen molar-refractivity contribution in [2.45, 2.75) is 39.7 Å². The molecule has 0 aromatic heterocycles. The summed E-state index contributed by atoms with van der Waals surface area (Å²) in [4.78, 5) is 10.5. The van der Waals surface area contributed by atoms with Crippen LogP contribution in [0.25, 0.3) is 0 Å². The van der Waals surface area contributed by atoms with E-state index in [0.29, 0.717) is 5.41 Å². The first kappa shape index (κ1) is 14.0. The zero-order valence-electron chi connectivity index (χ0n) is 11.8. The molecule has 0 radical (unpaired) electrons. The first-order valence-corrected chi connectivity index (χ1v) is 6.92. The molecule has 0 aliphatic heterocycles. The number of nitro groups is 1. The normalized spacial score (nSPS) is 21.9. The summed E-state index contributed by atoms with van der Waals surface area (Å²) in [6, 6.07) is 7.15. The van der Waals surface area contributed by atoms with E-state index in [0.717, 1.165) is 24.4 Å². The highest BCUT2D eigenvalue weighted by molar-refractivity contribution is 5.35. The molecule has 1 aromatic carbocycles. The van der Waals surface area contributed by atoms with Crippen molar-refractivity contribution in [3.8, 4) is 0 Å². The van der Waals surface area contributed by atoms with Crippen LogP contribution in [-0.4, -0.2) is 11.5 Å². The average Bonchev–Trinajstić information content (AvgIpc) is 2.98. The van der Waals surface area contributed by atoms with Gasteiger partial charge in [-0.15, -0.1) is 0 Å². The Bertz CT molecular complexity index is 471. The van der Waals surface area contributed by atoms with Crippen molar-refractivity contribution < 1.29 is 4.92 Å². The molecule has 1 N–H and O–H groups in total. The molecule has 0 spiro atoms. The van der Waals surface area contributed by atoms with E-state index in [2.05, 4.69) is 26.1 Å². The van der Waals surface area contributed by atoms with E-state index in [1.807, 2.05) is 6.07 Å². The molecular weight excluding hydrogens is 240 g/mol. The van der Waals surface area contributed by atoms with Crippen molar-refractivity contribution in [3.05, 3.63) is 39.9 Å². The van der Waals surface area contributed by atoms with Crippen LogP contribution >= 0.6 is 0 Å². The second-order valence-electron chi connectivity index (χ2n) is 6.11. The molecule has 0 amide bonds. The smallest absolute Gasteiger partial charge is 0.269 e. The molecular formula is C15H22N2O2. The molecule has 0 saturated heterocycles. The molecule has 19 heavy (non-hydrogen) atoms. The van der Waals surface area contributed by atoms with Crippen molar-refractivity contribution >= 4 is 5.69 Å². The van der Waals surface area contributed by atoms with Crippen molar-refractivity contribution in [1.29, 1.82) is 0 Å². The lowest BCUT2D eigenvalue weighted by Gasteiger charge is -2.18. The van der Waals surface area contributed by atoms with Gasteiger partial charge in [-0.1, -0.05) is 32.9 Å². The zero-order valence-corrected chi connectivity index (χ0v) is 11.8. The van der Waals surface area contributed by atoms with Gasteiger partial charge in [0.25, 0.3) is 5.69 Å². The quantitative estimate of drug-likeness (QED) is 0.628. The van der Waals surface area contributed by atoms with Gasteiger partial charge in [-0.25, -0.2) is 0 Å². The average molecular weight is 262 g/mol. The highest BCUT2D eigenvalue weighted by atomic mass is 16.6. The second kappa shape index (κ2) is 5.29. The van der Waals surface area contributed by atoms with Gasteiger partial charge in [0.05, 0.1) is 4.92 Å². The van der Waals surface area contributed by atoms with Gasteiger partial charge < -0.3 is 5.32 Å². The van der Waals surface area contributed by atoms with E-state index in [-0.39, 0.29) is 16.7 Å². The molecule has 0 heterocycles. The third-order valence-corrected chi connectivity index (χ3v) is 4.22. The van der Waals surface area contributed by atoms with Crippen LogP contribution in [0.4, 0.5) is 5.69 Å². The number of nitrogens with zero attached hydrogens (tertiary/aromatic N) is 1. The molecule has 2 unspecified atom stereocenters. The van der Waals surface area contributed by atoms with Crippen LogP contribution in [0.2, 0.25) is 0 Å². The Hall–Kier alpha value is -1.42. The Kier molecular flexibility index (Phi) is 3.90. The van der Waals surface area contributed by atoms with E-state index >= 15 is 0 Å². The van der Waals surface area contributed by atoms with Gasteiger partial charge in [0.15, 0.2) is 0 Å². The van der Waals surface area contributed by atoms with Crippen LogP contribution in [0.15, 0.2) is 24.3 Å². The Labute approximate surface area is 114 Å². The lowest BCUT2D eigenvalue weighted by Crippen LogP contribution is -2.24. The predicted octanol–water partition coefficient (Wildman–Crippen LogP) is 3.68. The fourth-order valence-corrected chi connectivity index (χ4v) is 2.56. The molecule has 104 valence electrons. The van der Waals surface area contributed by atoms with E-state index in [4.69, 9.17) is 0 Å². The molecule has 1 aliphatic rings. The maximum Gasteiger partial charge on any atom is 0.269 e. The third kappa shape index (κ3) is 3.32. The summed E-state index contributed by atoms with van der Waals surface area (Å²) in [7, 11) is 0. The minimum absolute atomic E-state index is 0.171. The van der Waals surface area contributed by atoms with Crippen LogP contribution in [-0.2, 0) is 0 Å². The summed E-state index contributed by atoms with van der Waals surface area (Å²) >= 11 is 0. The largest absolute Gasteiger partial charge is 0.310 e. The molecule has 1 aliphatic carbocycles. The van der Waals surface area contributed by atoms with E-state index in [9.17, 15) is 10.1 Å². The lowest BCUT2D eigenvalue weighted by atomic mass is 10.0. The number of non-ortho nitro benzene ring substituents is 1. The van der Waals surface area contributed by atoms with E-state index < -0.39 is 0 Å². The van der Waals surface area contributed by atoms with Crippen LogP contribution in [0.5, 0.6) is 0 Å². The summed E-state index contributed by atoms with van der Waals surface area (Å²) < 4.78 is 0. The topological polar surface area (TPSA) is 55.2 Å². The SMILES string of the molecule is CCC(NCC1CC1(C)C)c1cccc([N+](=O)[O-])c1. The van der Waals surface area contributed by atoms with Gasteiger partial charge in [0.1, 0.15) is 0 Å². The molecule has 4 nitrogen and oxygen atoms in total. The molecule has 1 aromatic rings. The summed E-state index contributed by atoms with van der Waals surface area (Å²) in [6.45, 7) is 7.67. The van der Waals surface area contributed by atoms with Crippen LogP contribution in [0, 0.1) is 21.4 Å². The molecule has 1 saturated carbocycles. The number of hydrogen-bond acceptors (Lipinski definition) is 3. The number of nitro benzene ring substituents is 1. The fraction of sp³-hybridized carbons (Fsp3) is 0.600. The van der Waals surface area contributed by atoms with Crippen molar-refractivity contribution in [2.24, 2.45) is 11.3 Å². The number of rotatable bonds is 6. The highest BCUT2D eigenvalue weighted by Gasteiger charge is 2.45. The summed E-state index contributed by atoms with van der Waals surface area (Å²) in [5.41, 5.74) is 1.65. The second-order valence-corrected chi connectivity index (χ2v) is 6.11. The van der Waals surface area contributed by atoms with Crippen molar-refractivity contribution in [3.63, 3.8) is 0 Å². The monoisotopic (exact) mass is 262 g/mol. The maximum absolute atomic E-state index is 10.8. The van der Waals surface area contributed by atoms with Gasteiger partial charge >= 0.3 is 0 Å². The summed E-state index contributed by atoms with van der Waals surface area (Å²) in [6.07, 6.45) is 2.21. The Balaban J connectivity index is 2.00. The van der Waals surface area contributed by atoms with Gasteiger partial charge in [-0.05, 0) is 36.3 Å². The minimum Gasteiger partial charge on any atom is -0.310 e. The molecule has 0 bridgehead atoms. The van der Waals surface area contributed by atoms with Gasteiger partial charge in [-0.2, -0.15) is 0 Å². The molecule has 1 fully saturated rings. The first-order chi connectivity index (χ1) is 8.94.